The molecule has 3 N–H and O–H groups in total. The number of rotatable bonds is 8. The lowest BCUT2D eigenvalue weighted by molar-refractivity contribution is -0.127. The van der Waals surface area contributed by atoms with E-state index in [9.17, 15) is 9.59 Å². The Bertz CT molecular complexity index is 278. The normalized spacial score (nSPS) is 16.1. The Morgan fingerprint density at radius 1 is 1.21 bits per heavy atom. The van der Waals surface area contributed by atoms with Gasteiger partial charge in [-0.2, -0.15) is 0 Å². The molecule has 1 heterocycles. The first-order chi connectivity index (χ1) is 9.22. The first kappa shape index (κ1) is 15.9. The van der Waals surface area contributed by atoms with E-state index in [4.69, 9.17) is 4.74 Å². The molecule has 0 radical (unpaired) electrons. The number of carbonyl (C=O) groups is 2. The highest BCUT2D eigenvalue weighted by Crippen LogP contribution is 2.07. The molecule has 6 heteroatoms. The Labute approximate surface area is 114 Å². The lowest BCUT2D eigenvalue weighted by atomic mass is 10.1. The molecule has 6 nitrogen and oxygen atoms in total. The van der Waals surface area contributed by atoms with Crippen molar-refractivity contribution in [1.29, 1.82) is 0 Å². The monoisotopic (exact) mass is 271 g/mol. The van der Waals surface area contributed by atoms with Crippen LogP contribution in [0.2, 0.25) is 0 Å². The molecule has 1 rings (SSSR count). The molecule has 19 heavy (non-hydrogen) atoms. The minimum atomic E-state index is -0.144. The molecular formula is C13H25N3O3. The summed E-state index contributed by atoms with van der Waals surface area (Å²) in [7, 11) is 0. The van der Waals surface area contributed by atoms with E-state index in [2.05, 4.69) is 16.0 Å². The summed E-state index contributed by atoms with van der Waals surface area (Å²) in [6.07, 6.45) is 3.47. The highest BCUT2D eigenvalue weighted by atomic mass is 16.5. The number of carbonyl (C=O) groups excluding carboxylic acids is 2. The summed E-state index contributed by atoms with van der Waals surface area (Å²) in [6.45, 7) is 5.06. The van der Waals surface area contributed by atoms with Gasteiger partial charge < -0.3 is 20.7 Å². The molecule has 0 aromatic carbocycles. The number of nitrogens with one attached hydrogen (secondary N) is 3. The summed E-state index contributed by atoms with van der Waals surface area (Å²) >= 11 is 0. The molecule has 0 aromatic heterocycles. The summed E-state index contributed by atoms with van der Waals surface area (Å²) in [5, 5.41) is 8.55. The Balaban J connectivity index is 1.99. The summed E-state index contributed by atoms with van der Waals surface area (Å²) < 4.78 is 5.62. The molecule has 2 amide bonds. The molecule has 0 spiro atoms. The molecule has 0 bridgehead atoms. The van der Waals surface area contributed by atoms with Crippen molar-refractivity contribution in [2.45, 2.75) is 38.7 Å². The minimum absolute atomic E-state index is 0.0478. The summed E-state index contributed by atoms with van der Waals surface area (Å²) in [6, 6.07) is 0. The van der Waals surface area contributed by atoms with Gasteiger partial charge in [0.2, 0.25) is 11.8 Å². The zero-order valence-electron chi connectivity index (χ0n) is 11.7. The Morgan fingerprint density at radius 3 is 2.63 bits per heavy atom. The van der Waals surface area contributed by atoms with Crippen molar-refractivity contribution in [2.75, 3.05) is 32.8 Å². The second-order valence-electron chi connectivity index (χ2n) is 4.70. The molecule has 0 aliphatic carbocycles. The number of piperidine rings is 1. The second-order valence-corrected chi connectivity index (χ2v) is 4.70. The van der Waals surface area contributed by atoms with Crippen molar-refractivity contribution in [1.82, 2.24) is 16.0 Å². The van der Waals surface area contributed by atoms with Crippen LogP contribution in [0.5, 0.6) is 0 Å². The first-order valence-corrected chi connectivity index (χ1v) is 7.08. The maximum absolute atomic E-state index is 11.5. The third-order valence-corrected chi connectivity index (χ3v) is 2.99. The fourth-order valence-corrected chi connectivity index (χ4v) is 1.87. The van der Waals surface area contributed by atoms with E-state index in [1.807, 2.05) is 6.92 Å². The fourth-order valence-electron chi connectivity index (χ4n) is 1.87. The second kappa shape index (κ2) is 9.75. The number of hydrogen-bond donors (Lipinski definition) is 3. The van der Waals surface area contributed by atoms with Crippen LogP contribution in [0.3, 0.4) is 0 Å². The van der Waals surface area contributed by atoms with Gasteiger partial charge in [-0.3, -0.25) is 9.59 Å². The van der Waals surface area contributed by atoms with Crippen LogP contribution in [0.4, 0.5) is 0 Å². The van der Waals surface area contributed by atoms with E-state index in [-0.39, 0.29) is 24.5 Å². The van der Waals surface area contributed by atoms with Crippen LogP contribution in [-0.2, 0) is 14.3 Å². The highest BCUT2D eigenvalue weighted by molar-refractivity contribution is 5.84. The van der Waals surface area contributed by atoms with E-state index in [0.29, 0.717) is 19.6 Å². The van der Waals surface area contributed by atoms with Crippen LogP contribution in [0.1, 0.15) is 32.6 Å². The van der Waals surface area contributed by atoms with Gasteiger partial charge in [0, 0.05) is 13.0 Å². The van der Waals surface area contributed by atoms with Crippen LogP contribution >= 0.6 is 0 Å². The third kappa shape index (κ3) is 7.79. The summed E-state index contributed by atoms with van der Waals surface area (Å²) in [5.74, 6) is -0.282. The van der Waals surface area contributed by atoms with Crippen LogP contribution < -0.4 is 16.0 Å². The average Bonchev–Trinajstić information content (AvgIpc) is 2.44. The topological polar surface area (TPSA) is 79.5 Å². The predicted octanol–water partition coefficient (Wildman–Crippen LogP) is -0.212. The molecule has 1 aliphatic rings. The zero-order chi connectivity index (χ0) is 13.9. The van der Waals surface area contributed by atoms with Crippen molar-refractivity contribution in [3.63, 3.8) is 0 Å². The molecule has 1 aliphatic heterocycles. The van der Waals surface area contributed by atoms with Crippen molar-refractivity contribution in [3.05, 3.63) is 0 Å². The SMILES string of the molecule is CCCNC(=O)CNC(=O)CCOC1CCNCC1. The van der Waals surface area contributed by atoms with Gasteiger partial charge in [-0.25, -0.2) is 0 Å². The molecule has 110 valence electrons. The van der Waals surface area contributed by atoms with Gasteiger partial charge in [0.1, 0.15) is 0 Å². The van der Waals surface area contributed by atoms with E-state index < -0.39 is 0 Å². The smallest absolute Gasteiger partial charge is 0.239 e. The fraction of sp³-hybridized carbons (Fsp3) is 0.846. The zero-order valence-corrected chi connectivity index (χ0v) is 11.7. The maximum atomic E-state index is 11.5. The molecule has 0 aromatic rings. The van der Waals surface area contributed by atoms with Gasteiger partial charge in [-0.15, -0.1) is 0 Å². The number of hydrogen-bond acceptors (Lipinski definition) is 4. The van der Waals surface area contributed by atoms with Crippen molar-refractivity contribution in [3.8, 4) is 0 Å². The number of amides is 2. The van der Waals surface area contributed by atoms with Gasteiger partial charge in [0.15, 0.2) is 0 Å². The van der Waals surface area contributed by atoms with Crippen molar-refractivity contribution < 1.29 is 14.3 Å². The Kier molecular flexibility index (Phi) is 8.16. The van der Waals surface area contributed by atoms with Crippen LogP contribution in [0.25, 0.3) is 0 Å². The standard InChI is InChI=1S/C13H25N3O3/c1-2-6-15-13(18)10-16-12(17)5-9-19-11-3-7-14-8-4-11/h11,14H,2-10H2,1H3,(H,15,18)(H,16,17). The van der Waals surface area contributed by atoms with Crippen LogP contribution in [0.15, 0.2) is 0 Å². The van der Waals surface area contributed by atoms with E-state index in [1.54, 1.807) is 0 Å². The molecule has 0 atom stereocenters. The van der Waals surface area contributed by atoms with Gasteiger partial charge in [-0.05, 0) is 32.4 Å². The Hall–Kier alpha value is -1.14. The molecular weight excluding hydrogens is 246 g/mol. The van der Waals surface area contributed by atoms with E-state index >= 15 is 0 Å². The number of ether oxygens (including phenoxy) is 1. The predicted molar refractivity (Wildman–Crippen MR) is 72.8 cm³/mol. The van der Waals surface area contributed by atoms with E-state index in [0.717, 1.165) is 32.4 Å². The largest absolute Gasteiger partial charge is 0.378 e. The molecule has 1 fully saturated rings. The lowest BCUT2D eigenvalue weighted by Gasteiger charge is -2.22. The lowest BCUT2D eigenvalue weighted by Crippen LogP contribution is -2.38. The first-order valence-electron chi connectivity index (χ1n) is 7.08. The van der Waals surface area contributed by atoms with Crippen LogP contribution in [0, 0.1) is 0 Å². The van der Waals surface area contributed by atoms with Gasteiger partial charge in [0.05, 0.1) is 19.3 Å². The quantitative estimate of drug-likeness (QED) is 0.570. The molecule has 0 saturated carbocycles. The van der Waals surface area contributed by atoms with Crippen LogP contribution in [-0.4, -0.2) is 50.7 Å². The highest BCUT2D eigenvalue weighted by Gasteiger charge is 2.13. The van der Waals surface area contributed by atoms with Crippen molar-refractivity contribution in [2.24, 2.45) is 0 Å². The average molecular weight is 271 g/mol. The van der Waals surface area contributed by atoms with E-state index in [1.165, 1.54) is 0 Å². The Morgan fingerprint density at radius 2 is 1.95 bits per heavy atom. The summed E-state index contributed by atoms with van der Waals surface area (Å²) in [4.78, 5) is 22.7. The minimum Gasteiger partial charge on any atom is -0.378 e. The van der Waals surface area contributed by atoms with Gasteiger partial charge in [0.25, 0.3) is 0 Å². The summed E-state index contributed by atoms with van der Waals surface area (Å²) in [5.41, 5.74) is 0. The van der Waals surface area contributed by atoms with Gasteiger partial charge in [-0.1, -0.05) is 6.92 Å². The third-order valence-electron chi connectivity index (χ3n) is 2.99. The van der Waals surface area contributed by atoms with Crippen molar-refractivity contribution >= 4 is 11.8 Å². The molecule has 1 saturated heterocycles. The maximum Gasteiger partial charge on any atom is 0.239 e. The molecule has 0 unspecified atom stereocenters. The van der Waals surface area contributed by atoms with Gasteiger partial charge >= 0.3 is 0 Å².